The summed E-state index contributed by atoms with van der Waals surface area (Å²) in [6.45, 7) is 3.88. The number of hydrogen-bond acceptors (Lipinski definition) is 8. The Morgan fingerprint density at radius 2 is 0.982 bits per heavy atom. The lowest BCUT2D eigenvalue weighted by molar-refractivity contribution is -0.154. The first-order valence-electron chi connectivity index (χ1n) is 22.9. The molecule has 10 nitrogen and oxygen atoms in total. The lowest BCUT2D eigenvalue weighted by atomic mass is 10.0. The van der Waals surface area contributed by atoms with Crippen LogP contribution in [0.4, 0.5) is 0 Å². The Labute approximate surface area is 343 Å². The quantitative estimate of drug-likeness (QED) is 0.0234. The normalized spacial score (nSPS) is 14.1. The minimum absolute atomic E-state index is 0.0180. The molecule has 3 atom stereocenters. The van der Waals surface area contributed by atoms with Gasteiger partial charge in [0.15, 0.2) is 0 Å². The number of unbranched alkanes of at least 4 members (excludes halogenated alkanes) is 26. The molecular formula is C45H86NO9P. The molecule has 3 unspecified atom stereocenters. The van der Waals surface area contributed by atoms with Crippen LogP contribution in [0.1, 0.15) is 213 Å². The van der Waals surface area contributed by atoms with Crippen molar-refractivity contribution >= 4 is 19.8 Å². The second-order valence-electron chi connectivity index (χ2n) is 15.5. The molecule has 0 aliphatic carbocycles. The number of carboxylic acid groups (broad SMARTS) is 1. The van der Waals surface area contributed by atoms with Gasteiger partial charge in [-0.3, -0.25) is 18.6 Å². The first-order chi connectivity index (χ1) is 27.2. The van der Waals surface area contributed by atoms with Crippen LogP contribution < -0.4 is 5.73 Å². The second kappa shape index (κ2) is 41.6. The zero-order valence-electron chi connectivity index (χ0n) is 36.0. The van der Waals surface area contributed by atoms with E-state index in [0.717, 1.165) is 51.4 Å². The Bertz CT molecular complexity index is 993. The average molecular weight is 816 g/mol. The summed E-state index contributed by atoms with van der Waals surface area (Å²) in [7, 11) is -4.62. The number of rotatable bonds is 44. The van der Waals surface area contributed by atoms with E-state index in [1.54, 1.807) is 0 Å². The van der Waals surface area contributed by atoms with Crippen molar-refractivity contribution in [3.8, 4) is 0 Å². The Morgan fingerprint density at radius 1 is 0.571 bits per heavy atom. The number of ether oxygens (including phenoxy) is 2. The fourth-order valence-electron chi connectivity index (χ4n) is 6.40. The molecule has 11 heteroatoms. The number of aliphatic carboxylic acids is 1. The van der Waals surface area contributed by atoms with E-state index in [1.165, 1.54) is 135 Å². The number of esters is 1. The molecule has 0 saturated heterocycles. The molecule has 56 heavy (non-hydrogen) atoms. The predicted octanol–water partition coefficient (Wildman–Crippen LogP) is 12.7. The molecule has 0 aliphatic heterocycles. The maximum atomic E-state index is 12.6. The first-order valence-corrected chi connectivity index (χ1v) is 24.4. The van der Waals surface area contributed by atoms with E-state index in [2.05, 4.69) is 38.2 Å². The first kappa shape index (κ1) is 54.5. The van der Waals surface area contributed by atoms with Gasteiger partial charge >= 0.3 is 19.8 Å². The highest BCUT2D eigenvalue weighted by atomic mass is 31.2. The highest BCUT2D eigenvalue weighted by Crippen LogP contribution is 2.43. The van der Waals surface area contributed by atoms with Crippen molar-refractivity contribution in [2.45, 2.75) is 225 Å². The fourth-order valence-corrected chi connectivity index (χ4v) is 7.18. The van der Waals surface area contributed by atoms with Gasteiger partial charge in [0.05, 0.1) is 19.8 Å². The Balaban J connectivity index is 4.20. The van der Waals surface area contributed by atoms with Crippen molar-refractivity contribution < 1.29 is 42.7 Å². The van der Waals surface area contributed by atoms with Gasteiger partial charge in [0.2, 0.25) is 0 Å². The topological polar surface area (TPSA) is 155 Å². The monoisotopic (exact) mass is 816 g/mol. The van der Waals surface area contributed by atoms with E-state index >= 15 is 0 Å². The molecule has 0 bridgehead atoms. The molecule has 0 fully saturated rings. The molecule has 0 saturated carbocycles. The van der Waals surface area contributed by atoms with Crippen LogP contribution in [0.25, 0.3) is 0 Å². The van der Waals surface area contributed by atoms with Gasteiger partial charge in [-0.15, -0.1) is 0 Å². The van der Waals surface area contributed by atoms with Crippen LogP contribution in [-0.2, 0) is 32.7 Å². The van der Waals surface area contributed by atoms with Gasteiger partial charge in [0.1, 0.15) is 12.1 Å². The van der Waals surface area contributed by atoms with Crippen LogP contribution in [0.3, 0.4) is 0 Å². The van der Waals surface area contributed by atoms with Crippen LogP contribution in [0, 0.1) is 0 Å². The molecule has 0 spiro atoms. The maximum Gasteiger partial charge on any atom is 0.472 e. The number of phosphoric ester groups is 1. The lowest BCUT2D eigenvalue weighted by Crippen LogP contribution is -2.34. The number of hydrogen-bond donors (Lipinski definition) is 3. The molecule has 0 aromatic heterocycles. The molecule has 0 aromatic rings. The highest BCUT2D eigenvalue weighted by Gasteiger charge is 2.27. The van der Waals surface area contributed by atoms with Crippen LogP contribution in [0.2, 0.25) is 0 Å². The van der Waals surface area contributed by atoms with Gasteiger partial charge in [0, 0.05) is 13.0 Å². The molecular weight excluding hydrogens is 729 g/mol. The van der Waals surface area contributed by atoms with Gasteiger partial charge in [-0.2, -0.15) is 0 Å². The largest absolute Gasteiger partial charge is 0.480 e. The smallest absolute Gasteiger partial charge is 0.472 e. The van der Waals surface area contributed by atoms with Gasteiger partial charge in [-0.1, -0.05) is 186 Å². The Kier molecular flexibility index (Phi) is 40.5. The van der Waals surface area contributed by atoms with E-state index in [1.807, 2.05) is 0 Å². The fraction of sp³-hybridized carbons (Fsp3) is 0.867. The van der Waals surface area contributed by atoms with Crippen LogP contribution in [0.15, 0.2) is 24.3 Å². The minimum atomic E-state index is -4.62. The summed E-state index contributed by atoms with van der Waals surface area (Å²) < 4.78 is 33.4. The number of carboxylic acids is 1. The van der Waals surface area contributed by atoms with Gasteiger partial charge < -0.3 is 25.2 Å². The minimum Gasteiger partial charge on any atom is -0.480 e. The van der Waals surface area contributed by atoms with Crippen molar-refractivity contribution in [1.29, 1.82) is 0 Å². The third kappa shape index (κ3) is 40.6. The summed E-state index contributed by atoms with van der Waals surface area (Å²) in [6.07, 6.45) is 45.1. The van der Waals surface area contributed by atoms with Crippen molar-refractivity contribution in [2.24, 2.45) is 5.73 Å². The third-order valence-corrected chi connectivity index (χ3v) is 10.9. The molecule has 0 aromatic carbocycles. The summed E-state index contributed by atoms with van der Waals surface area (Å²) in [4.78, 5) is 33.6. The van der Waals surface area contributed by atoms with Gasteiger partial charge in [-0.25, -0.2) is 4.57 Å². The number of carbonyl (C=O) groups excluding carboxylic acids is 1. The average Bonchev–Trinajstić information content (AvgIpc) is 3.18. The highest BCUT2D eigenvalue weighted by molar-refractivity contribution is 7.47. The van der Waals surface area contributed by atoms with E-state index < -0.39 is 45.1 Å². The van der Waals surface area contributed by atoms with Crippen molar-refractivity contribution in [1.82, 2.24) is 0 Å². The summed E-state index contributed by atoms with van der Waals surface area (Å²) in [5.41, 5.74) is 5.36. The zero-order valence-corrected chi connectivity index (χ0v) is 36.9. The molecule has 0 amide bonds. The second-order valence-corrected chi connectivity index (χ2v) is 17.0. The molecule has 0 rings (SSSR count). The molecule has 4 N–H and O–H groups in total. The van der Waals surface area contributed by atoms with Crippen LogP contribution >= 0.6 is 7.82 Å². The maximum absolute atomic E-state index is 12.6. The molecule has 330 valence electrons. The molecule has 0 heterocycles. The molecule has 0 aliphatic rings. The van der Waals surface area contributed by atoms with E-state index in [9.17, 15) is 19.0 Å². The van der Waals surface area contributed by atoms with Crippen LogP contribution in [0.5, 0.6) is 0 Å². The third-order valence-electron chi connectivity index (χ3n) is 9.98. The predicted molar refractivity (Wildman–Crippen MR) is 231 cm³/mol. The number of phosphoric acid groups is 1. The van der Waals surface area contributed by atoms with E-state index in [0.29, 0.717) is 13.0 Å². The Hall–Kier alpha value is -1.55. The van der Waals surface area contributed by atoms with Crippen molar-refractivity contribution in [3.63, 3.8) is 0 Å². The summed E-state index contributed by atoms with van der Waals surface area (Å²) in [6, 6.07) is -1.47. The standard InChI is InChI=1S/C45H86NO9P/c1-3-5-7-9-11-13-15-17-19-21-23-25-27-29-31-33-35-37-44(47)55-42(40-53-56(50,51)54-41-43(46)45(48)49)39-52-38-36-34-32-30-28-26-24-22-20-18-16-14-12-10-8-6-4-2/h11,13,17,19,42-43H,3-10,12,14-16,18,20-41,46H2,1-2H3,(H,48,49)(H,50,51)/b13-11-,19-17-. The zero-order chi connectivity index (χ0) is 41.2. The summed E-state index contributed by atoms with van der Waals surface area (Å²) in [5.74, 6) is -1.78. The van der Waals surface area contributed by atoms with Gasteiger partial charge in [0.25, 0.3) is 0 Å². The lowest BCUT2D eigenvalue weighted by Gasteiger charge is -2.20. The number of allylic oxidation sites excluding steroid dienone is 4. The summed E-state index contributed by atoms with van der Waals surface area (Å²) >= 11 is 0. The van der Waals surface area contributed by atoms with Crippen molar-refractivity contribution in [2.75, 3.05) is 26.4 Å². The van der Waals surface area contributed by atoms with E-state index in [4.69, 9.17) is 29.4 Å². The number of carbonyl (C=O) groups is 2. The van der Waals surface area contributed by atoms with E-state index in [-0.39, 0.29) is 13.0 Å². The van der Waals surface area contributed by atoms with Crippen LogP contribution in [-0.4, -0.2) is 60.5 Å². The SMILES string of the molecule is CCCCC/C=C\C/C=C\CCCCCCCCCC(=O)OC(COCCCCCCCCCCCCCCCCCCC)COP(=O)(O)OCC(N)C(=O)O. The summed E-state index contributed by atoms with van der Waals surface area (Å²) in [5, 5.41) is 8.90. The Morgan fingerprint density at radius 3 is 1.48 bits per heavy atom. The number of nitrogens with two attached hydrogens (primary N) is 1. The molecule has 0 radical (unpaired) electrons. The van der Waals surface area contributed by atoms with Crippen molar-refractivity contribution in [3.05, 3.63) is 24.3 Å². The van der Waals surface area contributed by atoms with Gasteiger partial charge in [-0.05, 0) is 44.9 Å².